The summed E-state index contributed by atoms with van der Waals surface area (Å²) in [6.07, 6.45) is 2.88. The van der Waals surface area contributed by atoms with Crippen molar-refractivity contribution in [3.05, 3.63) is 48.1 Å². The van der Waals surface area contributed by atoms with Crippen LogP contribution in [0.1, 0.15) is 5.56 Å². The van der Waals surface area contributed by atoms with Gasteiger partial charge in [0.05, 0.1) is 7.11 Å². The summed E-state index contributed by atoms with van der Waals surface area (Å²) in [7, 11) is 1.52. The van der Waals surface area contributed by atoms with Crippen molar-refractivity contribution in [1.82, 2.24) is 0 Å². The van der Waals surface area contributed by atoms with Crippen molar-refractivity contribution < 1.29 is 14.3 Å². The second-order valence-electron chi connectivity index (χ2n) is 3.30. The zero-order chi connectivity index (χ0) is 13.4. The maximum atomic E-state index is 11.5. The second kappa shape index (κ2) is 6.92. The SMILES string of the molecule is C=CCOC(=O)C(C#N)=Cc1ccccc1OC. The van der Waals surface area contributed by atoms with E-state index in [-0.39, 0.29) is 12.2 Å². The van der Waals surface area contributed by atoms with Gasteiger partial charge in [-0.15, -0.1) is 0 Å². The van der Waals surface area contributed by atoms with Gasteiger partial charge < -0.3 is 9.47 Å². The number of nitrogens with zero attached hydrogens (tertiary/aromatic N) is 1. The molecule has 0 amide bonds. The summed E-state index contributed by atoms with van der Waals surface area (Å²) < 4.78 is 9.93. The van der Waals surface area contributed by atoms with Crippen LogP contribution in [0.4, 0.5) is 0 Å². The molecule has 0 saturated carbocycles. The van der Waals surface area contributed by atoms with Gasteiger partial charge in [0.1, 0.15) is 24.0 Å². The van der Waals surface area contributed by atoms with Gasteiger partial charge in [0, 0.05) is 5.56 Å². The van der Waals surface area contributed by atoms with Gasteiger partial charge in [-0.2, -0.15) is 5.26 Å². The molecule has 0 unspecified atom stereocenters. The van der Waals surface area contributed by atoms with Crippen LogP contribution >= 0.6 is 0 Å². The fourth-order valence-electron chi connectivity index (χ4n) is 1.29. The van der Waals surface area contributed by atoms with Gasteiger partial charge in [-0.05, 0) is 12.1 Å². The zero-order valence-corrected chi connectivity index (χ0v) is 10.1. The largest absolute Gasteiger partial charge is 0.496 e. The van der Waals surface area contributed by atoms with Gasteiger partial charge in [-0.25, -0.2) is 4.79 Å². The molecular formula is C14H13NO3. The Hall–Kier alpha value is -2.54. The highest BCUT2D eigenvalue weighted by Gasteiger charge is 2.11. The van der Waals surface area contributed by atoms with Crippen LogP contribution in [0.25, 0.3) is 6.08 Å². The number of carbonyl (C=O) groups is 1. The van der Waals surface area contributed by atoms with Crippen LogP contribution in [0.3, 0.4) is 0 Å². The minimum Gasteiger partial charge on any atom is -0.496 e. The Morgan fingerprint density at radius 1 is 1.50 bits per heavy atom. The molecule has 0 N–H and O–H groups in total. The third kappa shape index (κ3) is 3.49. The van der Waals surface area contributed by atoms with E-state index < -0.39 is 5.97 Å². The third-order valence-corrected chi connectivity index (χ3v) is 2.11. The molecule has 1 aromatic carbocycles. The van der Waals surface area contributed by atoms with Crippen molar-refractivity contribution >= 4 is 12.0 Å². The highest BCUT2D eigenvalue weighted by molar-refractivity contribution is 5.98. The first-order chi connectivity index (χ1) is 8.72. The zero-order valence-electron chi connectivity index (χ0n) is 10.1. The van der Waals surface area contributed by atoms with Gasteiger partial charge in [-0.3, -0.25) is 0 Å². The summed E-state index contributed by atoms with van der Waals surface area (Å²) in [4.78, 5) is 11.5. The van der Waals surface area contributed by atoms with E-state index in [2.05, 4.69) is 6.58 Å². The van der Waals surface area contributed by atoms with Gasteiger partial charge >= 0.3 is 5.97 Å². The van der Waals surface area contributed by atoms with Crippen LogP contribution in [-0.2, 0) is 9.53 Å². The van der Waals surface area contributed by atoms with E-state index in [9.17, 15) is 4.79 Å². The van der Waals surface area contributed by atoms with Gasteiger partial charge in [-0.1, -0.05) is 30.9 Å². The highest BCUT2D eigenvalue weighted by atomic mass is 16.5. The number of carbonyl (C=O) groups excluding carboxylic acids is 1. The highest BCUT2D eigenvalue weighted by Crippen LogP contribution is 2.20. The van der Waals surface area contributed by atoms with E-state index in [4.69, 9.17) is 14.7 Å². The van der Waals surface area contributed by atoms with Crippen molar-refractivity contribution in [2.24, 2.45) is 0 Å². The Morgan fingerprint density at radius 3 is 2.83 bits per heavy atom. The molecule has 18 heavy (non-hydrogen) atoms. The van der Waals surface area contributed by atoms with Crippen LogP contribution < -0.4 is 4.74 Å². The Labute approximate surface area is 106 Å². The quantitative estimate of drug-likeness (QED) is 0.344. The summed E-state index contributed by atoms with van der Waals surface area (Å²) in [6, 6.07) is 8.89. The predicted molar refractivity (Wildman–Crippen MR) is 67.7 cm³/mol. The minimum absolute atomic E-state index is 0.0732. The molecule has 0 aliphatic heterocycles. The molecule has 1 rings (SSSR count). The molecule has 0 aromatic heterocycles. The van der Waals surface area contributed by atoms with E-state index in [0.717, 1.165) is 0 Å². The molecule has 0 atom stereocenters. The lowest BCUT2D eigenvalue weighted by Gasteiger charge is -2.04. The molecular weight excluding hydrogens is 230 g/mol. The molecule has 92 valence electrons. The molecule has 4 heteroatoms. The van der Waals surface area contributed by atoms with Gasteiger partial charge in [0.2, 0.25) is 0 Å². The standard InChI is InChI=1S/C14H13NO3/c1-3-8-18-14(16)12(10-15)9-11-6-4-5-7-13(11)17-2/h3-7,9H,1,8H2,2H3. The van der Waals surface area contributed by atoms with Crippen molar-refractivity contribution in [3.63, 3.8) is 0 Å². The maximum absolute atomic E-state index is 11.5. The van der Waals surface area contributed by atoms with E-state index in [1.807, 2.05) is 6.07 Å². The Bertz CT molecular complexity index is 512. The Balaban J connectivity index is 3.01. The van der Waals surface area contributed by atoms with Gasteiger partial charge in [0.15, 0.2) is 0 Å². The third-order valence-electron chi connectivity index (χ3n) is 2.11. The molecule has 4 nitrogen and oxygen atoms in total. The molecule has 0 spiro atoms. The normalized spacial score (nSPS) is 10.3. The molecule has 0 heterocycles. The lowest BCUT2D eigenvalue weighted by molar-refractivity contribution is -0.137. The number of hydrogen-bond donors (Lipinski definition) is 0. The summed E-state index contributed by atoms with van der Waals surface area (Å²) in [6.45, 7) is 3.50. The van der Waals surface area contributed by atoms with Crippen molar-refractivity contribution in [2.75, 3.05) is 13.7 Å². The number of esters is 1. The minimum atomic E-state index is -0.677. The summed E-state index contributed by atoms with van der Waals surface area (Å²) in [5.74, 6) is -0.0925. The van der Waals surface area contributed by atoms with Crippen LogP contribution in [-0.4, -0.2) is 19.7 Å². The van der Waals surface area contributed by atoms with E-state index in [0.29, 0.717) is 11.3 Å². The molecule has 0 radical (unpaired) electrons. The number of ether oxygens (including phenoxy) is 2. The first-order valence-corrected chi connectivity index (χ1v) is 5.25. The molecule has 1 aromatic rings. The van der Waals surface area contributed by atoms with Crippen LogP contribution in [0, 0.1) is 11.3 Å². The van der Waals surface area contributed by atoms with E-state index >= 15 is 0 Å². The summed E-state index contributed by atoms with van der Waals surface area (Å²) in [5, 5.41) is 8.93. The topological polar surface area (TPSA) is 59.3 Å². The Morgan fingerprint density at radius 2 is 2.22 bits per heavy atom. The maximum Gasteiger partial charge on any atom is 0.349 e. The average molecular weight is 243 g/mol. The first-order valence-electron chi connectivity index (χ1n) is 5.25. The van der Waals surface area contributed by atoms with Crippen molar-refractivity contribution in [1.29, 1.82) is 5.26 Å². The molecule has 0 aliphatic rings. The average Bonchev–Trinajstić information content (AvgIpc) is 2.42. The number of nitriles is 1. The second-order valence-corrected chi connectivity index (χ2v) is 3.30. The number of rotatable bonds is 5. The Kier molecular flexibility index (Phi) is 5.20. The smallest absolute Gasteiger partial charge is 0.349 e. The van der Waals surface area contributed by atoms with Crippen molar-refractivity contribution in [3.8, 4) is 11.8 Å². The fraction of sp³-hybridized carbons (Fsp3) is 0.143. The number of benzene rings is 1. The van der Waals surface area contributed by atoms with Crippen molar-refractivity contribution in [2.45, 2.75) is 0 Å². The summed E-state index contributed by atoms with van der Waals surface area (Å²) in [5.41, 5.74) is 0.563. The molecule has 0 saturated heterocycles. The molecule has 0 fully saturated rings. The lowest BCUT2D eigenvalue weighted by Crippen LogP contribution is -2.06. The summed E-state index contributed by atoms with van der Waals surface area (Å²) >= 11 is 0. The molecule has 0 bridgehead atoms. The first kappa shape index (κ1) is 13.5. The van der Waals surface area contributed by atoms with Crippen LogP contribution in [0.2, 0.25) is 0 Å². The molecule has 0 aliphatic carbocycles. The van der Waals surface area contributed by atoms with E-state index in [1.165, 1.54) is 19.3 Å². The van der Waals surface area contributed by atoms with Gasteiger partial charge in [0.25, 0.3) is 0 Å². The monoisotopic (exact) mass is 243 g/mol. The van der Waals surface area contributed by atoms with Crippen LogP contribution in [0.5, 0.6) is 5.75 Å². The number of methoxy groups -OCH3 is 1. The predicted octanol–water partition coefficient (Wildman–Crippen LogP) is 2.33. The fourth-order valence-corrected chi connectivity index (χ4v) is 1.29. The lowest BCUT2D eigenvalue weighted by atomic mass is 10.1. The van der Waals surface area contributed by atoms with Crippen LogP contribution in [0.15, 0.2) is 42.5 Å². The van der Waals surface area contributed by atoms with E-state index in [1.54, 1.807) is 24.3 Å². The number of hydrogen-bond acceptors (Lipinski definition) is 4. The number of para-hydroxylation sites is 1.